The summed E-state index contributed by atoms with van der Waals surface area (Å²) in [5.41, 5.74) is 1.41. The van der Waals surface area contributed by atoms with E-state index in [2.05, 4.69) is 10.4 Å². The van der Waals surface area contributed by atoms with Crippen molar-refractivity contribution in [2.45, 2.75) is 19.9 Å². The van der Waals surface area contributed by atoms with E-state index in [4.69, 9.17) is 5.26 Å². The molecule has 6 nitrogen and oxygen atoms in total. The van der Waals surface area contributed by atoms with Crippen LogP contribution in [0.3, 0.4) is 0 Å². The van der Waals surface area contributed by atoms with Crippen molar-refractivity contribution in [3.05, 3.63) is 58.0 Å². The van der Waals surface area contributed by atoms with Crippen molar-refractivity contribution >= 4 is 11.6 Å². The van der Waals surface area contributed by atoms with Crippen LogP contribution < -0.4 is 10.9 Å². The number of nitrogens with zero attached hydrogens (tertiary/aromatic N) is 3. The summed E-state index contributed by atoms with van der Waals surface area (Å²) in [6, 6.07) is 10.2. The summed E-state index contributed by atoms with van der Waals surface area (Å²) in [6.07, 6.45) is 1.68. The lowest BCUT2D eigenvalue weighted by Gasteiger charge is -2.07. The predicted molar refractivity (Wildman–Crippen MR) is 77.6 cm³/mol. The van der Waals surface area contributed by atoms with Gasteiger partial charge < -0.3 is 5.32 Å². The molecule has 0 radical (unpaired) electrons. The van der Waals surface area contributed by atoms with Crippen molar-refractivity contribution in [1.29, 1.82) is 5.26 Å². The minimum Gasteiger partial charge on any atom is -0.325 e. The number of anilines is 1. The standard InChI is InChI=1S/C15H14N4O2/c1-11-8-15(21)19(17-10-11)7-6-14(20)18-13-5-3-2-4-12(13)9-16/h2-5,8,10H,6-7H2,1H3,(H,18,20). The van der Waals surface area contributed by atoms with E-state index in [0.29, 0.717) is 11.3 Å². The van der Waals surface area contributed by atoms with Crippen molar-refractivity contribution in [3.8, 4) is 6.07 Å². The SMILES string of the molecule is Cc1cnn(CCC(=O)Nc2ccccc2C#N)c(=O)c1. The molecule has 1 aromatic carbocycles. The number of carbonyl (C=O) groups excluding carboxylic acids is 1. The zero-order valence-electron chi connectivity index (χ0n) is 11.5. The fraction of sp³-hybridized carbons (Fsp3) is 0.200. The molecule has 0 unspecified atom stereocenters. The van der Waals surface area contributed by atoms with Gasteiger partial charge in [0.05, 0.1) is 24.0 Å². The molecule has 0 bridgehead atoms. The van der Waals surface area contributed by atoms with Gasteiger partial charge in [-0.25, -0.2) is 4.68 Å². The third-order valence-corrected chi connectivity index (χ3v) is 2.88. The first-order chi connectivity index (χ1) is 10.1. The molecule has 0 saturated heterocycles. The molecule has 0 saturated carbocycles. The number of aryl methyl sites for hydroxylation is 2. The fourth-order valence-electron chi connectivity index (χ4n) is 1.80. The van der Waals surface area contributed by atoms with Crippen molar-refractivity contribution in [3.63, 3.8) is 0 Å². The third kappa shape index (κ3) is 3.76. The summed E-state index contributed by atoms with van der Waals surface area (Å²) < 4.78 is 1.24. The molecule has 1 N–H and O–H groups in total. The Balaban J connectivity index is 1.99. The highest BCUT2D eigenvalue weighted by Crippen LogP contribution is 2.13. The first-order valence-corrected chi connectivity index (χ1v) is 6.43. The number of benzene rings is 1. The summed E-state index contributed by atoms with van der Waals surface area (Å²) in [7, 11) is 0. The van der Waals surface area contributed by atoms with E-state index >= 15 is 0 Å². The average molecular weight is 282 g/mol. The highest BCUT2D eigenvalue weighted by atomic mass is 16.2. The molecule has 2 aromatic rings. The Morgan fingerprint density at radius 3 is 2.90 bits per heavy atom. The van der Waals surface area contributed by atoms with Gasteiger partial charge in [0.15, 0.2) is 0 Å². The van der Waals surface area contributed by atoms with Crippen molar-refractivity contribution in [1.82, 2.24) is 9.78 Å². The number of rotatable bonds is 4. The van der Waals surface area contributed by atoms with Gasteiger partial charge >= 0.3 is 0 Å². The van der Waals surface area contributed by atoms with E-state index in [9.17, 15) is 9.59 Å². The normalized spacial score (nSPS) is 9.90. The maximum absolute atomic E-state index is 11.9. The smallest absolute Gasteiger partial charge is 0.266 e. The molecule has 0 aliphatic carbocycles. The Kier molecular flexibility index (Phi) is 4.46. The van der Waals surface area contributed by atoms with E-state index in [1.165, 1.54) is 10.7 Å². The second kappa shape index (κ2) is 6.48. The lowest BCUT2D eigenvalue weighted by Crippen LogP contribution is -2.25. The first kappa shape index (κ1) is 14.5. The maximum Gasteiger partial charge on any atom is 0.266 e. The second-order valence-electron chi connectivity index (χ2n) is 4.55. The molecule has 106 valence electrons. The molecule has 1 amide bonds. The summed E-state index contributed by atoms with van der Waals surface area (Å²) >= 11 is 0. The minimum atomic E-state index is -0.271. The van der Waals surface area contributed by atoms with Crippen LogP contribution in [0.25, 0.3) is 0 Å². The van der Waals surface area contributed by atoms with Crippen LogP contribution in [-0.4, -0.2) is 15.7 Å². The monoisotopic (exact) mass is 282 g/mol. The zero-order valence-corrected chi connectivity index (χ0v) is 11.5. The molecule has 0 aliphatic heterocycles. The van der Waals surface area contributed by atoms with Crippen molar-refractivity contribution in [2.24, 2.45) is 0 Å². The maximum atomic E-state index is 11.9. The van der Waals surface area contributed by atoms with Gasteiger partial charge in [0.1, 0.15) is 6.07 Å². The fourth-order valence-corrected chi connectivity index (χ4v) is 1.80. The van der Waals surface area contributed by atoms with Crippen LogP contribution >= 0.6 is 0 Å². The summed E-state index contributed by atoms with van der Waals surface area (Å²) in [5, 5.41) is 15.6. The largest absolute Gasteiger partial charge is 0.325 e. The van der Waals surface area contributed by atoms with Crippen LogP contribution in [0.2, 0.25) is 0 Å². The van der Waals surface area contributed by atoms with E-state index in [1.807, 2.05) is 6.07 Å². The summed E-state index contributed by atoms with van der Waals surface area (Å²) in [5.74, 6) is -0.271. The van der Waals surface area contributed by atoms with Crippen LogP contribution in [0.15, 0.2) is 41.3 Å². The number of amides is 1. The Hall–Kier alpha value is -2.94. The van der Waals surface area contributed by atoms with Crippen LogP contribution in [0.4, 0.5) is 5.69 Å². The highest BCUT2D eigenvalue weighted by Gasteiger charge is 2.07. The van der Waals surface area contributed by atoms with Gasteiger partial charge in [0.25, 0.3) is 5.56 Å². The Morgan fingerprint density at radius 1 is 1.43 bits per heavy atom. The molecule has 0 spiro atoms. The quantitative estimate of drug-likeness (QED) is 0.919. The van der Waals surface area contributed by atoms with E-state index in [-0.39, 0.29) is 24.4 Å². The molecule has 0 aliphatic rings. The lowest BCUT2D eigenvalue weighted by molar-refractivity contribution is -0.116. The number of hydrogen-bond acceptors (Lipinski definition) is 4. The van der Waals surface area contributed by atoms with Gasteiger partial charge in [-0.05, 0) is 24.6 Å². The highest BCUT2D eigenvalue weighted by molar-refractivity contribution is 5.91. The van der Waals surface area contributed by atoms with E-state index in [0.717, 1.165) is 5.56 Å². The van der Waals surface area contributed by atoms with Gasteiger partial charge in [-0.15, -0.1) is 0 Å². The molecule has 1 aromatic heterocycles. The minimum absolute atomic E-state index is 0.107. The number of aromatic nitrogens is 2. The molecule has 6 heteroatoms. The van der Waals surface area contributed by atoms with Crippen LogP contribution in [-0.2, 0) is 11.3 Å². The number of hydrogen-bond donors (Lipinski definition) is 1. The Morgan fingerprint density at radius 2 is 2.19 bits per heavy atom. The van der Waals surface area contributed by atoms with Gasteiger partial charge in [0.2, 0.25) is 5.91 Å². The number of carbonyl (C=O) groups is 1. The summed E-state index contributed by atoms with van der Waals surface area (Å²) in [4.78, 5) is 23.5. The van der Waals surface area contributed by atoms with Gasteiger partial charge in [-0.1, -0.05) is 12.1 Å². The average Bonchev–Trinajstić information content (AvgIpc) is 2.47. The molecule has 2 rings (SSSR count). The Labute approximate surface area is 121 Å². The topological polar surface area (TPSA) is 87.8 Å². The van der Waals surface area contributed by atoms with Gasteiger partial charge in [-0.3, -0.25) is 9.59 Å². The summed E-state index contributed by atoms with van der Waals surface area (Å²) in [6.45, 7) is 1.98. The molecular formula is C15H14N4O2. The van der Waals surface area contributed by atoms with Crippen LogP contribution in [0.5, 0.6) is 0 Å². The molecular weight excluding hydrogens is 268 g/mol. The lowest BCUT2D eigenvalue weighted by atomic mass is 10.2. The first-order valence-electron chi connectivity index (χ1n) is 6.43. The second-order valence-corrected chi connectivity index (χ2v) is 4.55. The molecule has 21 heavy (non-hydrogen) atoms. The van der Waals surface area contributed by atoms with Gasteiger partial charge in [0, 0.05) is 12.5 Å². The van der Waals surface area contributed by atoms with Gasteiger partial charge in [-0.2, -0.15) is 10.4 Å². The van der Waals surface area contributed by atoms with E-state index in [1.54, 1.807) is 37.4 Å². The third-order valence-electron chi connectivity index (χ3n) is 2.88. The number of nitriles is 1. The predicted octanol–water partition coefficient (Wildman–Crippen LogP) is 1.45. The van der Waals surface area contributed by atoms with Crippen molar-refractivity contribution in [2.75, 3.05) is 5.32 Å². The zero-order chi connectivity index (χ0) is 15.2. The van der Waals surface area contributed by atoms with Crippen LogP contribution in [0.1, 0.15) is 17.5 Å². The molecule has 0 atom stereocenters. The van der Waals surface area contributed by atoms with Crippen molar-refractivity contribution < 1.29 is 4.79 Å². The van der Waals surface area contributed by atoms with Crippen LogP contribution in [0, 0.1) is 18.3 Å². The Bertz CT molecular complexity index is 759. The molecule has 1 heterocycles. The number of nitrogens with one attached hydrogen (secondary N) is 1. The number of para-hydroxylation sites is 1. The molecule has 0 fully saturated rings. The van der Waals surface area contributed by atoms with E-state index < -0.39 is 0 Å².